The predicted molar refractivity (Wildman–Crippen MR) is 122 cm³/mol. The highest BCUT2D eigenvalue weighted by Gasteiger charge is 2.54. The third-order valence-corrected chi connectivity index (χ3v) is 8.70. The first kappa shape index (κ1) is 22.9. The molecule has 0 aliphatic carbocycles. The Hall–Kier alpha value is -2.30. The second-order valence-electron chi connectivity index (χ2n) is 6.76. The SMILES string of the molecule is Cn1nnnc1SCC1=C(C(=O)O)N2C(=O)C(NC(=O)CSCc3csc(N)n3)[C@H]2SC1. The zero-order valence-electron chi connectivity index (χ0n) is 16.6. The minimum absolute atomic E-state index is 0.0256. The smallest absolute Gasteiger partial charge is 0.352 e. The van der Waals surface area contributed by atoms with Crippen molar-refractivity contribution in [3.05, 3.63) is 22.3 Å². The number of nitrogens with two attached hydrogens (primary N) is 1. The van der Waals surface area contributed by atoms with Crippen molar-refractivity contribution in [2.45, 2.75) is 22.3 Å². The molecule has 4 rings (SSSR count). The largest absolute Gasteiger partial charge is 0.477 e. The Kier molecular flexibility index (Phi) is 6.92. The molecule has 1 unspecified atom stereocenters. The normalized spacial score (nSPS) is 20.2. The number of hydrogen-bond donors (Lipinski definition) is 3. The molecule has 4 heterocycles. The molecule has 12 nitrogen and oxygen atoms in total. The Labute approximate surface area is 198 Å². The van der Waals surface area contributed by atoms with Crippen LogP contribution in [0.2, 0.25) is 0 Å². The summed E-state index contributed by atoms with van der Waals surface area (Å²) in [6.07, 6.45) is 0. The number of anilines is 1. The van der Waals surface area contributed by atoms with Crippen LogP contribution in [0.25, 0.3) is 0 Å². The summed E-state index contributed by atoms with van der Waals surface area (Å²) in [6, 6.07) is -0.741. The average molecular weight is 515 g/mol. The molecular formula is C16H18N8O4S4. The number of fused-ring (bicyclic) bond motifs is 1. The molecule has 32 heavy (non-hydrogen) atoms. The first-order chi connectivity index (χ1) is 15.3. The quantitative estimate of drug-likeness (QED) is 0.303. The Morgan fingerprint density at radius 3 is 2.88 bits per heavy atom. The van der Waals surface area contributed by atoms with Gasteiger partial charge in [0.15, 0.2) is 5.13 Å². The van der Waals surface area contributed by atoms with Crippen LogP contribution in [0.1, 0.15) is 5.69 Å². The molecule has 16 heteroatoms. The molecule has 1 saturated heterocycles. The fourth-order valence-electron chi connectivity index (χ4n) is 3.14. The Morgan fingerprint density at radius 1 is 1.41 bits per heavy atom. The average Bonchev–Trinajstić information content (AvgIpc) is 3.37. The van der Waals surface area contributed by atoms with Crippen LogP contribution in [0, 0.1) is 0 Å². The van der Waals surface area contributed by atoms with Crippen molar-refractivity contribution in [2.75, 3.05) is 23.0 Å². The Morgan fingerprint density at radius 2 is 2.22 bits per heavy atom. The van der Waals surface area contributed by atoms with Crippen LogP contribution < -0.4 is 11.1 Å². The van der Waals surface area contributed by atoms with Crippen molar-refractivity contribution in [3.8, 4) is 0 Å². The lowest BCUT2D eigenvalue weighted by Gasteiger charge is -2.49. The highest BCUT2D eigenvalue weighted by Crippen LogP contribution is 2.41. The van der Waals surface area contributed by atoms with Gasteiger partial charge in [-0.1, -0.05) is 11.8 Å². The maximum Gasteiger partial charge on any atom is 0.352 e. The molecule has 0 aromatic carbocycles. The number of aromatic nitrogens is 5. The first-order valence-electron chi connectivity index (χ1n) is 9.17. The summed E-state index contributed by atoms with van der Waals surface area (Å²) in [5, 5.41) is 26.1. The summed E-state index contributed by atoms with van der Waals surface area (Å²) < 4.78 is 1.49. The summed E-state index contributed by atoms with van der Waals surface area (Å²) >= 11 is 5.44. The molecule has 0 bridgehead atoms. The van der Waals surface area contributed by atoms with E-state index in [1.165, 1.54) is 56.2 Å². The van der Waals surface area contributed by atoms with Gasteiger partial charge >= 0.3 is 5.97 Å². The molecule has 2 aromatic heterocycles. The number of nitrogen functional groups attached to an aromatic ring is 1. The van der Waals surface area contributed by atoms with E-state index in [-0.39, 0.29) is 17.4 Å². The lowest BCUT2D eigenvalue weighted by molar-refractivity contribution is -0.150. The number of carbonyl (C=O) groups excluding carboxylic acids is 2. The number of rotatable bonds is 9. The van der Waals surface area contributed by atoms with Crippen molar-refractivity contribution >= 4 is 69.5 Å². The van der Waals surface area contributed by atoms with Gasteiger partial charge in [0.2, 0.25) is 11.1 Å². The fourth-order valence-corrected chi connectivity index (χ4v) is 6.87. The third kappa shape index (κ3) is 4.72. The molecule has 0 saturated carbocycles. The van der Waals surface area contributed by atoms with Crippen LogP contribution in [-0.2, 0) is 27.2 Å². The fraction of sp³-hybridized carbons (Fsp3) is 0.438. The van der Waals surface area contributed by atoms with Crippen LogP contribution >= 0.6 is 46.6 Å². The van der Waals surface area contributed by atoms with Crippen molar-refractivity contribution in [2.24, 2.45) is 7.05 Å². The number of carboxylic acid groups (broad SMARTS) is 1. The Balaban J connectivity index is 1.34. The van der Waals surface area contributed by atoms with Gasteiger partial charge < -0.3 is 16.2 Å². The standard InChI is InChI=1S/C16H18N8O4S4/c1-23-16(20-21-22-23)32-3-7-2-30-13-10(12(26)24(13)11(7)14(27)28)19-9(25)6-29-4-8-5-31-15(17)18-8/h5,10,13H,2-4,6H2,1H3,(H2,17,18)(H,19,25)(H,27,28)/t10?,13-/m1/s1. The number of nitrogens with zero attached hydrogens (tertiary/aromatic N) is 6. The van der Waals surface area contributed by atoms with Crippen LogP contribution in [0.5, 0.6) is 0 Å². The molecule has 0 radical (unpaired) electrons. The number of β-lactam (4-membered cyclic amide) rings is 1. The van der Waals surface area contributed by atoms with Crippen molar-refractivity contribution in [1.82, 2.24) is 35.4 Å². The molecule has 2 amide bonds. The van der Waals surface area contributed by atoms with Crippen LogP contribution in [0.4, 0.5) is 5.13 Å². The molecule has 4 N–H and O–H groups in total. The van der Waals surface area contributed by atoms with Gasteiger partial charge in [0.1, 0.15) is 17.1 Å². The molecule has 2 aliphatic rings. The van der Waals surface area contributed by atoms with Crippen LogP contribution in [0.3, 0.4) is 0 Å². The molecule has 170 valence electrons. The minimum Gasteiger partial charge on any atom is -0.477 e. The maximum absolute atomic E-state index is 12.7. The third-order valence-electron chi connectivity index (χ3n) is 4.58. The van der Waals surface area contributed by atoms with E-state index in [2.05, 4.69) is 25.8 Å². The first-order valence-corrected chi connectivity index (χ1v) is 13.2. The van der Waals surface area contributed by atoms with E-state index in [1.807, 2.05) is 5.38 Å². The number of amides is 2. The predicted octanol–water partition coefficient (Wildman–Crippen LogP) is 0.0129. The van der Waals surface area contributed by atoms with E-state index in [0.29, 0.717) is 33.1 Å². The lowest BCUT2D eigenvalue weighted by Crippen LogP contribution is -2.70. The number of nitrogens with one attached hydrogen (secondary N) is 1. The molecule has 2 aliphatic heterocycles. The summed E-state index contributed by atoms with van der Waals surface area (Å²) in [5.41, 5.74) is 6.98. The molecule has 2 aromatic rings. The molecule has 2 atom stereocenters. The van der Waals surface area contributed by atoms with Gasteiger partial charge in [-0.25, -0.2) is 14.5 Å². The van der Waals surface area contributed by atoms with Gasteiger partial charge in [-0.2, -0.15) is 0 Å². The van der Waals surface area contributed by atoms with E-state index in [4.69, 9.17) is 5.73 Å². The number of tetrazole rings is 1. The highest BCUT2D eigenvalue weighted by molar-refractivity contribution is 8.01. The lowest BCUT2D eigenvalue weighted by atomic mass is 10.0. The number of carbonyl (C=O) groups is 3. The monoisotopic (exact) mass is 514 g/mol. The van der Waals surface area contributed by atoms with E-state index < -0.39 is 23.3 Å². The van der Waals surface area contributed by atoms with E-state index in [9.17, 15) is 19.5 Å². The number of thioether (sulfide) groups is 3. The zero-order chi connectivity index (χ0) is 22.8. The topological polar surface area (TPSA) is 169 Å². The summed E-state index contributed by atoms with van der Waals surface area (Å²) in [5.74, 6) is -0.402. The van der Waals surface area contributed by atoms with Crippen molar-refractivity contribution < 1.29 is 19.5 Å². The number of carboxylic acids is 1. The highest BCUT2D eigenvalue weighted by atomic mass is 32.2. The van der Waals surface area contributed by atoms with E-state index >= 15 is 0 Å². The summed E-state index contributed by atoms with van der Waals surface area (Å²) in [6.45, 7) is 0. The van der Waals surface area contributed by atoms with Crippen LogP contribution in [-0.4, -0.2) is 81.7 Å². The second kappa shape index (κ2) is 9.68. The van der Waals surface area contributed by atoms with Gasteiger partial charge in [0.25, 0.3) is 5.91 Å². The van der Waals surface area contributed by atoms with Gasteiger partial charge in [-0.05, 0) is 16.0 Å². The zero-order valence-corrected chi connectivity index (χ0v) is 19.9. The molecular weight excluding hydrogens is 496 g/mol. The Bertz CT molecular complexity index is 1090. The molecule has 0 spiro atoms. The summed E-state index contributed by atoms with van der Waals surface area (Å²) in [7, 11) is 1.69. The minimum atomic E-state index is -1.17. The number of aryl methyl sites for hydroxylation is 1. The number of thiazole rings is 1. The van der Waals surface area contributed by atoms with Crippen molar-refractivity contribution in [1.29, 1.82) is 0 Å². The summed E-state index contributed by atoms with van der Waals surface area (Å²) in [4.78, 5) is 42.3. The van der Waals surface area contributed by atoms with Crippen LogP contribution in [0.15, 0.2) is 21.8 Å². The van der Waals surface area contributed by atoms with Gasteiger partial charge in [0.05, 0.1) is 11.4 Å². The number of hydrogen-bond acceptors (Lipinski definition) is 12. The van der Waals surface area contributed by atoms with Crippen molar-refractivity contribution in [3.63, 3.8) is 0 Å². The molecule has 1 fully saturated rings. The van der Waals surface area contributed by atoms with E-state index in [0.717, 1.165) is 5.69 Å². The van der Waals surface area contributed by atoms with E-state index in [1.54, 1.807) is 7.05 Å². The van der Waals surface area contributed by atoms with Gasteiger partial charge in [0, 0.05) is 29.7 Å². The second-order valence-corrected chi connectivity index (χ2v) is 10.7. The van der Waals surface area contributed by atoms with Gasteiger partial charge in [-0.3, -0.25) is 14.5 Å². The number of aliphatic carboxylic acids is 1. The maximum atomic E-state index is 12.7. The van der Waals surface area contributed by atoms with Gasteiger partial charge in [-0.15, -0.1) is 40.0 Å².